The molecule has 4 rings (SSSR count). The zero-order valence-corrected chi connectivity index (χ0v) is 21.2. The predicted octanol–water partition coefficient (Wildman–Crippen LogP) is 4.55. The number of carbonyl (C=O) groups is 3. The Kier molecular flexibility index (Phi) is 8.00. The van der Waals surface area contributed by atoms with Crippen LogP contribution in [0.3, 0.4) is 0 Å². The summed E-state index contributed by atoms with van der Waals surface area (Å²) in [6.07, 6.45) is -0.339. The Balaban J connectivity index is 1.57. The van der Waals surface area contributed by atoms with Crippen molar-refractivity contribution < 1.29 is 23.5 Å². The molecular formula is C26H22ClFN4O4S. The van der Waals surface area contributed by atoms with E-state index in [1.165, 1.54) is 23.1 Å². The maximum Gasteiger partial charge on any atom is 0.272 e. The first-order chi connectivity index (χ1) is 17.8. The van der Waals surface area contributed by atoms with E-state index in [1.807, 2.05) is 6.92 Å². The smallest absolute Gasteiger partial charge is 0.272 e. The summed E-state index contributed by atoms with van der Waals surface area (Å²) in [7, 11) is 0. The molecule has 0 aromatic heterocycles. The minimum atomic E-state index is -1.18. The number of rotatable bonds is 8. The third-order valence-electron chi connectivity index (χ3n) is 5.47. The van der Waals surface area contributed by atoms with Gasteiger partial charge in [-0.2, -0.15) is 0 Å². The molecule has 1 unspecified atom stereocenters. The van der Waals surface area contributed by atoms with E-state index in [4.69, 9.17) is 28.6 Å². The normalized spacial score (nSPS) is 15.1. The van der Waals surface area contributed by atoms with Gasteiger partial charge in [0.15, 0.2) is 0 Å². The Morgan fingerprint density at radius 1 is 1.05 bits per heavy atom. The van der Waals surface area contributed by atoms with E-state index in [1.54, 1.807) is 48.5 Å². The maximum absolute atomic E-state index is 14.2. The molecule has 1 heterocycles. The molecule has 0 bridgehead atoms. The number of halogens is 2. The van der Waals surface area contributed by atoms with Gasteiger partial charge in [-0.05, 0) is 79.8 Å². The quantitative estimate of drug-likeness (QED) is 0.407. The monoisotopic (exact) mass is 540 g/mol. The number of nitrogens with zero attached hydrogens (tertiary/aromatic N) is 2. The molecule has 1 aliphatic rings. The number of thiocarbonyl (C=S) groups is 1. The van der Waals surface area contributed by atoms with Crippen LogP contribution >= 0.6 is 23.8 Å². The summed E-state index contributed by atoms with van der Waals surface area (Å²) in [5.74, 6) is -1.94. The van der Waals surface area contributed by atoms with Gasteiger partial charge >= 0.3 is 0 Å². The van der Waals surface area contributed by atoms with Gasteiger partial charge in [0.1, 0.15) is 17.6 Å². The summed E-state index contributed by atoms with van der Waals surface area (Å²) in [6.45, 7) is 2.37. The topological polar surface area (TPSA) is 91.0 Å². The van der Waals surface area contributed by atoms with Crippen molar-refractivity contribution in [2.75, 3.05) is 16.8 Å². The van der Waals surface area contributed by atoms with E-state index in [9.17, 15) is 18.8 Å². The molecule has 3 amide bonds. The Hall–Kier alpha value is -4.02. The predicted molar refractivity (Wildman–Crippen MR) is 142 cm³/mol. The standard InChI is InChI=1S/C26H22ClFN4O4S/c1-2-36-19-13-9-17(10-14-19)29-23(33)15-22-25(35)31(18-11-7-16(27)8-12-18)26(37)32(22)30-24(34)20-5-3-4-6-21(20)28/h3-14,22H,2,15H2,1H3,(H,29,33)(H,30,34). The minimum Gasteiger partial charge on any atom is -0.494 e. The molecule has 37 heavy (non-hydrogen) atoms. The van der Waals surface area contributed by atoms with Crippen molar-refractivity contribution in [2.24, 2.45) is 0 Å². The lowest BCUT2D eigenvalue weighted by atomic mass is 10.1. The molecule has 11 heteroatoms. The van der Waals surface area contributed by atoms with Crippen LogP contribution in [-0.4, -0.2) is 40.5 Å². The molecular weight excluding hydrogens is 519 g/mol. The number of nitrogens with one attached hydrogen (secondary N) is 2. The number of carbonyl (C=O) groups excluding carboxylic acids is 3. The zero-order valence-electron chi connectivity index (χ0n) is 19.6. The van der Waals surface area contributed by atoms with Gasteiger partial charge in [0.25, 0.3) is 11.8 Å². The third kappa shape index (κ3) is 5.87. The van der Waals surface area contributed by atoms with Crippen LogP contribution in [0.25, 0.3) is 0 Å². The molecule has 190 valence electrons. The Bertz CT molecular complexity index is 1340. The zero-order chi connectivity index (χ0) is 26.5. The van der Waals surface area contributed by atoms with Crippen molar-refractivity contribution >= 4 is 58.0 Å². The van der Waals surface area contributed by atoms with Crippen LogP contribution in [0, 0.1) is 5.82 Å². The van der Waals surface area contributed by atoms with E-state index >= 15 is 0 Å². The molecule has 1 fully saturated rings. The highest BCUT2D eigenvalue weighted by Gasteiger charge is 2.45. The fourth-order valence-corrected chi connectivity index (χ4v) is 4.22. The molecule has 1 saturated heterocycles. The lowest BCUT2D eigenvalue weighted by Gasteiger charge is -2.24. The molecule has 8 nitrogen and oxygen atoms in total. The minimum absolute atomic E-state index is 0.0733. The number of amides is 3. The van der Waals surface area contributed by atoms with Gasteiger partial charge in [0.05, 0.1) is 24.3 Å². The average molecular weight is 541 g/mol. The molecule has 0 radical (unpaired) electrons. The van der Waals surface area contributed by atoms with Crippen LogP contribution in [0.1, 0.15) is 23.7 Å². The van der Waals surface area contributed by atoms with Gasteiger partial charge in [-0.15, -0.1) is 0 Å². The lowest BCUT2D eigenvalue weighted by molar-refractivity contribution is -0.124. The van der Waals surface area contributed by atoms with Gasteiger partial charge in [-0.3, -0.25) is 24.7 Å². The van der Waals surface area contributed by atoms with E-state index in [0.29, 0.717) is 28.8 Å². The molecule has 3 aromatic carbocycles. The van der Waals surface area contributed by atoms with Crippen LogP contribution in [0.15, 0.2) is 72.8 Å². The highest BCUT2D eigenvalue weighted by Crippen LogP contribution is 2.28. The van der Waals surface area contributed by atoms with Crippen molar-refractivity contribution in [3.05, 3.63) is 89.2 Å². The van der Waals surface area contributed by atoms with E-state index in [-0.39, 0.29) is 17.1 Å². The van der Waals surface area contributed by atoms with Gasteiger partial charge in [-0.1, -0.05) is 23.7 Å². The Morgan fingerprint density at radius 3 is 2.38 bits per heavy atom. The number of hydrazine groups is 1. The summed E-state index contributed by atoms with van der Waals surface area (Å²) in [5.41, 5.74) is 3.16. The van der Waals surface area contributed by atoms with Crippen LogP contribution in [0.5, 0.6) is 5.75 Å². The molecule has 0 spiro atoms. The lowest BCUT2D eigenvalue weighted by Crippen LogP contribution is -2.50. The van der Waals surface area contributed by atoms with Crippen molar-refractivity contribution in [2.45, 2.75) is 19.4 Å². The molecule has 1 atom stereocenters. The first-order valence-corrected chi connectivity index (χ1v) is 12.1. The molecule has 1 aliphatic heterocycles. The second-order valence-corrected chi connectivity index (χ2v) is 8.75. The number of benzene rings is 3. The van der Waals surface area contributed by atoms with Crippen molar-refractivity contribution in [3.63, 3.8) is 0 Å². The SMILES string of the molecule is CCOc1ccc(NC(=O)CC2C(=O)N(c3ccc(Cl)cc3)C(=S)N2NC(=O)c2ccccc2F)cc1. The van der Waals surface area contributed by atoms with Crippen molar-refractivity contribution in [3.8, 4) is 5.75 Å². The largest absolute Gasteiger partial charge is 0.494 e. The number of hydrogen-bond acceptors (Lipinski definition) is 5. The molecule has 2 N–H and O–H groups in total. The van der Waals surface area contributed by atoms with E-state index < -0.39 is 29.6 Å². The fraction of sp³-hybridized carbons (Fsp3) is 0.154. The highest BCUT2D eigenvalue weighted by atomic mass is 35.5. The van der Waals surface area contributed by atoms with Gasteiger partial charge < -0.3 is 10.1 Å². The number of ether oxygens (including phenoxy) is 1. The molecule has 0 saturated carbocycles. The summed E-state index contributed by atoms with van der Waals surface area (Å²) < 4.78 is 19.6. The highest BCUT2D eigenvalue weighted by molar-refractivity contribution is 7.80. The van der Waals surface area contributed by atoms with Gasteiger partial charge in [0.2, 0.25) is 11.0 Å². The van der Waals surface area contributed by atoms with Gasteiger partial charge in [0, 0.05) is 10.7 Å². The van der Waals surface area contributed by atoms with Crippen molar-refractivity contribution in [1.29, 1.82) is 0 Å². The van der Waals surface area contributed by atoms with Gasteiger partial charge in [-0.25, -0.2) is 9.40 Å². The van der Waals surface area contributed by atoms with E-state index in [2.05, 4.69) is 10.7 Å². The summed E-state index contributed by atoms with van der Waals surface area (Å²) in [5, 5.41) is 4.22. The molecule has 0 aliphatic carbocycles. The van der Waals surface area contributed by atoms with Crippen molar-refractivity contribution in [1.82, 2.24) is 10.4 Å². The second kappa shape index (κ2) is 11.4. The molecule has 3 aromatic rings. The summed E-state index contributed by atoms with van der Waals surface area (Å²) >= 11 is 11.5. The fourth-order valence-electron chi connectivity index (χ4n) is 3.73. The van der Waals surface area contributed by atoms with Crippen LogP contribution in [-0.2, 0) is 9.59 Å². The Labute approximate surface area is 222 Å². The van der Waals surface area contributed by atoms with E-state index in [0.717, 1.165) is 11.1 Å². The maximum atomic E-state index is 14.2. The van der Waals surface area contributed by atoms with Crippen LogP contribution in [0.4, 0.5) is 15.8 Å². The summed E-state index contributed by atoms with van der Waals surface area (Å²) in [4.78, 5) is 40.4. The number of anilines is 2. The first-order valence-electron chi connectivity index (χ1n) is 11.3. The van der Waals surface area contributed by atoms with Crippen LogP contribution < -0.4 is 20.4 Å². The Morgan fingerprint density at radius 2 is 1.73 bits per heavy atom. The van der Waals surface area contributed by atoms with Crippen LogP contribution in [0.2, 0.25) is 5.02 Å². The second-order valence-electron chi connectivity index (χ2n) is 7.95. The average Bonchev–Trinajstić information content (AvgIpc) is 3.10. The third-order valence-corrected chi connectivity index (χ3v) is 6.10. The summed E-state index contributed by atoms with van der Waals surface area (Å²) in [6, 6.07) is 17.3. The first kappa shape index (κ1) is 26.1. The number of hydrogen-bond donors (Lipinski definition) is 2.